The van der Waals surface area contributed by atoms with Gasteiger partial charge in [0, 0.05) is 0 Å². The van der Waals surface area contributed by atoms with Crippen molar-refractivity contribution in [2.45, 2.75) is 56.4 Å². The molecule has 5 atom stereocenters. The van der Waals surface area contributed by atoms with Gasteiger partial charge in [-0.1, -0.05) is 60.7 Å². The van der Waals surface area contributed by atoms with Crippen LogP contribution in [0.3, 0.4) is 0 Å². The van der Waals surface area contributed by atoms with Crippen molar-refractivity contribution in [1.29, 1.82) is 0 Å². The largest absolute Gasteiger partial charge is 0.353 e. The summed E-state index contributed by atoms with van der Waals surface area (Å²) in [4.78, 5) is 40.7. The van der Waals surface area contributed by atoms with E-state index in [2.05, 4.69) is 16.0 Å². The molecule has 9 heteroatoms. The number of likely N-dealkylation sites (N-methyl/N-ethyl adjacent to an activating group) is 1. The molecule has 0 spiro atoms. The monoisotopic (exact) mass is 465 g/mol. The first-order chi connectivity index (χ1) is 16.4. The average molecular weight is 466 g/mol. The molecule has 2 saturated heterocycles. The van der Waals surface area contributed by atoms with Crippen molar-refractivity contribution < 1.29 is 19.1 Å². The lowest BCUT2D eigenvalue weighted by atomic mass is 9.98. The van der Waals surface area contributed by atoms with E-state index in [1.165, 1.54) is 4.90 Å². The summed E-state index contributed by atoms with van der Waals surface area (Å²) in [5, 5.41) is 8.44. The number of hydrogen-bond donors (Lipinski definition) is 4. The van der Waals surface area contributed by atoms with Gasteiger partial charge in [-0.25, -0.2) is 0 Å². The normalized spacial score (nSPS) is 25.1. The van der Waals surface area contributed by atoms with Crippen LogP contribution in [0.1, 0.15) is 36.9 Å². The van der Waals surface area contributed by atoms with E-state index in [0.717, 1.165) is 11.1 Å². The molecule has 0 bridgehead atoms. The van der Waals surface area contributed by atoms with Gasteiger partial charge in [0.25, 0.3) is 11.8 Å². The molecule has 0 saturated carbocycles. The lowest BCUT2D eigenvalue weighted by Gasteiger charge is -2.41. The number of hydrogen-bond acceptors (Lipinski definition) is 6. The highest BCUT2D eigenvalue weighted by Gasteiger charge is 2.50. The van der Waals surface area contributed by atoms with Gasteiger partial charge < -0.3 is 26.0 Å². The smallest absolute Gasteiger partial charge is 0.252 e. The Morgan fingerprint density at radius 1 is 1.03 bits per heavy atom. The van der Waals surface area contributed by atoms with Crippen LogP contribution in [0.2, 0.25) is 0 Å². The minimum Gasteiger partial charge on any atom is -0.353 e. The minimum atomic E-state index is -0.951. The van der Waals surface area contributed by atoms with Crippen LogP contribution in [-0.4, -0.2) is 60.3 Å². The molecule has 3 amide bonds. The topological polar surface area (TPSA) is 126 Å². The van der Waals surface area contributed by atoms with Crippen LogP contribution >= 0.6 is 0 Å². The van der Waals surface area contributed by atoms with Crippen LogP contribution in [0, 0.1) is 0 Å². The summed E-state index contributed by atoms with van der Waals surface area (Å²) in [5.41, 5.74) is 7.60. The maximum absolute atomic E-state index is 13.5. The zero-order chi connectivity index (χ0) is 24.2. The van der Waals surface area contributed by atoms with Gasteiger partial charge in [0.05, 0.1) is 12.1 Å². The van der Waals surface area contributed by atoms with Crippen LogP contribution in [0.5, 0.6) is 0 Å². The summed E-state index contributed by atoms with van der Waals surface area (Å²) >= 11 is 0. The first kappa shape index (κ1) is 23.9. The molecular formula is C25H31N5O4. The fourth-order valence-corrected chi connectivity index (χ4v) is 4.60. The van der Waals surface area contributed by atoms with Crippen LogP contribution in [0.4, 0.5) is 0 Å². The lowest BCUT2D eigenvalue weighted by Crippen LogP contribution is -2.66. The maximum atomic E-state index is 13.5. The zero-order valence-electron chi connectivity index (χ0n) is 19.3. The maximum Gasteiger partial charge on any atom is 0.252 e. The molecule has 180 valence electrons. The number of amides is 3. The van der Waals surface area contributed by atoms with E-state index >= 15 is 0 Å². The molecule has 0 radical (unpaired) electrons. The Kier molecular flexibility index (Phi) is 7.26. The third-order valence-electron chi connectivity index (χ3n) is 6.44. The fourth-order valence-electron chi connectivity index (χ4n) is 4.60. The minimum absolute atomic E-state index is 0.260. The van der Waals surface area contributed by atoms with E-state index in [1.54, 1.807) is 14.0 Å². The molecule has 2 aromatic carbocycles. The van der Waals surface area contributed by atoms with E-state index in [1.807, 2.05) is 60.7 Å². The Bertz CT molecular complexity index is 979. The van der Waals surface area contributed by atoms with E-state index in [-0.39, 0.29) is 17.9 Å². The fraction of sp³-hybridized carbons (Fsp3) is 0.400. The Labute approximate surface area is 199 Å². The molecule has 4 rings (SSSR count). The summed E-state index contributed by atoms with van der Waals surface area (Å²) in [6, 6.07) is 17.4. The van der Waals surface area contributed by atoms with Crippen LogP contribution in [0.25, 0.3) is 0 Å². The van der Waals surface area contributed by atoms with Gasteiger partial charge in [0.2, 0.25) is 5.91 Å². The number of fused-ring (bicyclic) bond motifs is 1. The van der Waals surface area contributed by atoms with Crippen molar-refractivity contribution in [3.63, 3.8) is 0 Å². The third kappa shape index (κ3) is 4.82. The molecule has 2 aromatic rings. The number of carbonyl (C=O) groups is 3. The first-order valence-electron chi connectivity index (χ1n) is 11.5. The summed E-state index contributed by atoms with van der Waals surface area (Å²) in [5.74, 6) is -1.11. The van der Waals surface area contributed by atoms with Crippen molar-refractivity contribution in [3.05, 3.63) is 71.8 Å². The van der Waals surface area contributed by atoms with Crippen LogP contribution in [0.15, 0.2) is 60.7 Å². The second-order valence-corrected chi connectivity index (χ2v) is 8.65. The number of nitrogens with two attached hydrogens (primary N) is 1. The molecule has 2 aliphatic rings. The lowest BCUT2D eigenvalue weighted by molar-refractivity contribution is -0.179. The van der Waals surface area contributed by atoms with E-state index in [0.29, 0.717) is 12.8 Å². The Morgan fingerprint density at radius 2 is 1.62 bits per heavy atom. The van der Waals surface area contributed by atoms with E-state index in [9.17, 15) is 14.4 Å². The van der Waals surface area contributed by atoms with Crippen molar-refractivity contribution in [2.24, 2.45) is 5.73 Å². The van der Waals surface area contributed by atoms with E-state index in [4.69, 9.17) is 10.5 Å². The SMILES string of the molecule is CN[C@@H](N)C(=O)NC1C(=O)N2C(C(=O)NC(c3ccccc3)c3ccccc3)CC[C@@H]2O[C@@H]1C. The van der Waals surface area contributed by atoms with Crippen molar-refractivity contribution in [3.8, 4) is 0 Å². The second kappa shape index (κ2) is 10.3. The summed E-state index contributed by atoms with van der Waals surface area (Å²) in [7, 11) is 1.56. The van der Waals surface area contributed by atoms with Gasteiger partial charge in [-0.05, 0) is 37.9 Å². The highest BCUT2D eigenvalue weighted by molar-refractivity contribution is 5.94. The number of nitrogens with zero attached hydrogens (tertiary/aromatic N) is 1. The number of nitrogens with one attached hydrogen (secondary N) is 3. The molecule has 0 aromatic heterocycles. The highest BCUT2D eigenvalue weighted by atomic mass is 16.5. The summed E-state index contributed by atoms with van der Waals surface area (Å²) < 4.78 is 6.01. The summed E-state index contributed by atoms with van der Waals surface area (Å²) in [6.45, 7) is 1.74. The highest BCUT2D eigenvalue weighted by Crippen LogP contribution is 2.32. The van der Waals surface area contributed by atoms with Gasteiger partial charge in [-0.3, -0.25) is 19.7 Å². The molecule has 2 unspecified atom stereocenters. The number of benzene rings is 2. The number of ether oxygens (including phenoxy) is 1. The van der Waals surface area contributed by atoms with Gasteiger partial charge in [-0.2, -0.15) is 0 Å². The van der Waals surface area contributed by atoms with Crippen LogP contribution in [-0.2, 0) is 19.1 Å². The standard InChI is InChI=1S/C25H31N5O4/c1-15-20(28-24(32)22(26)27-2)25(33)30-18(13-14-19(30)34-15)23(31)29-21(16-9-5-3-6-10-16)17-11-7-4-8-12-17/h3-12,15,18-22,27H,13-14,26H2,1-2H3,(H,28,32)(H,29,31)/t15-,18?,19+,20?,22-/m1/s1. The molecular weight excluding hydrogens is 434 g/mol. The van der Waals surface area contributed by atoms with Gasteiger partial charge in [0.1, 0.15) is 24.5 Å². The Morgan fingerprint density at radius 3 is 2.18 bits per heavy atom. The van der Waals surface area contributed by atoms with Crippen molar-refractivity contribution in [2.75, 3.05) is 7.05 Å². The van der Waals surface area contributed by atoms with Crippen molar-refractivity contribution >= 4 is 17.7 Å². The molecule has 2 fully saturated rings. The quantitative estimate of drug-likeness (QED) is 0.444. The molecule has 9 nitrogen and oxygen atoms in total. The number of rotatable bonds is 7. The molecule has 2 heterocycles. The average Bonchev–Trinajstić information content (AvgIpc) is 3.29. The second-order valence-electron chi connectivity index (χ2n) is 8.65. The predicted octanol–water partition coefficient (Wildman–Crippen LogP) is 0.617. The molecule has 5 N–H and O–H groups in total. The third-order valence-corrected chi connectivity index (χ3v) is 6.44. The molecule has 0 aliphatic carbocycles. The van der Waals surface area contributed by atoms with Crippen molar-refractivity contribution in [1.82, 2.24) is 20.9 Å². The van der Waals surface area contributed by atoms with Gasteiger partial charge in [-0.15, -0.1) is 0 Å². The van der Waals surface area contributed by atoms with Gasteiger partial charge in [0.15, 0.2) is 0 Å². The predicted molar refractivity (Wildman–Crippen MR) is 126 cm³/mol. The van der Waals surface area contributed by atoms with E-state index < -0.39 is 36.5 Å². The van der Waals surface area contributed by atoms with Crippen LogP contribution < -0.4 is 21.7 Å². The van der Waals surface area contributed by atoms with Gasteiger partial charge >= 0.3 is 0 Å². The summed E-state index contributed by atoms with van der Waals surface area (Å²) in [6.07, 6.45) is -0.970. The zero-order valence-corrected chi connectivity index (χ0v) is 19.3. The molecule has 2 aliphatic heterocycles. The Balaban J connectivity index is 1.54. The number of carbonyl (C=O) groups excluding carboxylic acids is 3. The Hall–Kier alpha value is -3.27. The first-order valence-corrected chi connectivity index (χ1v) is 11.5. The molecule has 34 heavy (non-hydrogen) atoms.